The predicted octanol–water partition coefficient (Wildman–Crippen LogP) is 3.37. The number of methoxy groups -OCH3 is 1. The van der Waals surface area contributed by atoms with Gasteiger partial charge in [0.2, 0.25) is 0 Å². The number of rotatable bonds is 6. The van der Waals surface area contributed by atoms with Crippen LogP contribution >= 0.6 is 0 Å². The molecule has 2 amide bonds. The molecule has 26 heavy (non-hydrogen) atoms. The molecule has 1 fully saturated rings. The summed E-state index contributed by atoms with van der Waals surface area (Å²) in [6, 6.07) is 13.3. The first kappa shape index (κ1) is 18.2. The largest absolute Gasteiger partial charge is 0.382 e. The minimum atomic E-state index is -0.629. The van der Waals surface area contributed by atoms with Crippen molar-refractivity contribution in [3.8, 4) is 0 Å². The Morgan fingerprint density at radius 1 is 1.19 bits per heavy atom. The molecule has 0 spiro atoms. The monoisotopic (exact) mass is 354 g/mol. The van der Waals surface area contributed by atoms with Crippen LogP contribution in [0, 0.1) is 0 Å². The summed E-state index contributed by atoms with van der Waals surface area (Å²) < 4.78 is 5.35. The summed E-state index contributed by atoms with van der Waals surface area (Å²) in [5.74, 6) is 0.827. The molecule has 3 rings (SSSR count). The Bertz CT molecular complexity index is 732. The number of pyridine rings is 1. The molecule has 1 aliphatic rings. The molecule has 2 N–H and O–H groups in total. The van der Waals surface area contributed by atoms with Crippen LogP contribution in [0.2, 0.25) is 0 Å². The number of nitrogens with one attached hydrogen (secondary N) is 2. The highest BCUT2D eigenvalue weighted by Gasteiger charge is 2.29. The number of urea groups is 1. The van der Waals surface area contributed by atoms with Crippen LogP contribution < -0.4 is 15.5 Å². The van der Waals surface area contributed by atoms with Crippen LogP contribution in [0.3, 0.4) is 0 Å². The van der Waals surface area contributed by atoms with Crippen molar-refractivity contribution in [1.82, 2.24) is 10.3 Å². The standard InChI is InChI=1S/C20H26N4O2/c1-20(15-26-2,16-9-4-3-5-10-16)23-19(25)22-17-11-8-12-21-18(17)24-13-6-7-14-24/h3-5,8-12H,6-7,13-15H2,1-2H3,(H2,22,23,25). The predicted molar refractivity (Wildman–Crippen MR) is 104 cm³/mol. The van der Waals surface area contributed by atoms with E-state index in [4.69, 9.17) is 4.74 Å². The van der Waals surface area contributed by atoms with Crippen LogP contribution in [0.5, 0.6) is 0 Å². The van der Waals surface area contributed by atoms with Crippen molar-refractivity contribution < 1.29 is 9.53 Å². The highest BCUT2D eigenvalue weighted by atomic mass is 16.5. The lowest BCUT2D eigenvalue weighted by molar-refractivity contribution is 0.123. The highest BCUT2D eigenvalue weighted by Crippen LogP contribution is 2.27. The third-order valence-electron chi connectivity index (χ3n) is 4.67. The molecule has 1 saturated heterocycles. The summed E-state index contributed by atoms with van der Waals surface area (Å²) in [7, 11) is 1.63. The summed E-state index contributed by atoms with van der Waals surface area (Å²) in [6.07, 6.45) is 4.07. The van der Waals surface area contributed by atoms with Gasteiger partial charge in [-0.1, -0.05) is 30.3 Å². The van der Waals surface area contributed by atoms with Crippen LogP contribution in [0.1, 0.15) is 25.3 Å². The number of benzene rings is 1. The summed E-state index contributed by atoms with van der Waals surface area (Å²) in [5, 5.41) is 6.02. The number of aromatic nitrogens is 1. The zero-order valence-electron chi connectivity index (χ0n) is 15.4. The van der Waals surface area contributed by atoms with E-state index in [2.05, 4.69) is 20.5 Å². The number of anilines is 2. The maximum atomic E-state index is 12.7. The van der Waals surface area contributed by atoms with E-state index in [-0.39, 0.29) is 6.03 Å². The first-order valence-corrected chi connectivity index (χ1v) is 8.96. The molecular weight excluding hydrogens is 328 g/mol. The molecule has 0 radical (unpaired) electrons. The minimum absolute atomic E-state index is 0.276. The van der Waals surface area contributed by atoms with E-state index in [0.717, 1.165) is 43.0 Å². The van der Waals surface area contributed by atoms with Crippen LogP contribution in [-0.4, -0.2) is 37.8 Å². The SMILES string of the molecule is COCC(C)(NC(=O)Nc1cccnc1N1CCCC1)c1ccccc1. The average Bonchev–Trinajstić information content (AvgIpc) is 3.17. The molecule has 1 unspecified atom stereocenters. The second-order valence-corrected chi connectivity index (χ2v) is 6.78. The number of amides is 2. The van der Waals surface area contributed by atoms with E-state index in [1.165, 1.54) is 0 Å². The van der Waals surface area contributed by atoms with Gasteiger partial charge in [-0.05, 0) is 37.5 Å². The molecule has 2 aromatic rings. The van der Waals surface area contributed by atoms with E-state index in [1.54, 1.807) is 13.3 Å². The number of hydrogen-bond acceptors (Lipinski definition) is 4. The van der Waals surface area contributed by atoms with Crippen molar-refractivity contribution >= 4 is 17.5 Å². The Morgan fingerprint density at radius 2 is 1.92 bits per heavy atom. The highest BCUT2D eigenvalue weighted by molar-refractivity contribution is 5.93. The van der Waals surface area contributed by atoms with Crippen molar-refractivity contribution in [2.75, 3.05) is 37.0 Å². The van der Waals surface area contributed by atoms with Crippen LogP contribution in [-0.2, 0) is 10.3 Å². The lowest BCUT2D eigenvalue weighted by Gasteiger charge is -2.31. The summed E-state index contributed by atoms with van der Waals surface area (Å²) in [4.78, 5) is 19.4. The first-order valence-electron chi connectivity index (χ1n) is 8.96. The Morgan fingerprint density at radius 3 is 2.62 bits per heavy atom. The van der Waals surface area contributed by atoms with Gasteiger partial charge in [-0.3, -0.25) is 0 Å². The van der Waals surface area contributed by atoms with Crippen molar-refractivity contribution in [3.63, 3.8) is 0 Å². The molecule has 0 aliphatic carbocycles. The van der Waals surface area contributed by atoms with E-state index in [9.17, 15) is 4.79 Å². The van der Waals surface area contributed by atoms with Gasteiger partial charge in [0.1, 0.15) is 0 Å². The van der Waals surface area contributed by atoms with Gasteiger partial charge < -0.3 is 20.3 Å². The van der Waals surface area contributed by atoms with E-state index < -0.39 is 5.54 Å². The lowest BCUT2D eigenvalue weighted by Crippen LogP contribution is -2.48. The van der Waals surface area contributed by atoms with E-state index in [0.29, 0.717) is 6.61 Å². The van der Waals surface area contributed by atoms with Crippen molar-refractivity contribution in [2.45, 2.75) is 25.3 Å². The molecule has 1 aliphatic heterocycles. The average molecular weight is 354 g/mol. The summed E-state index contributed by atoms with van der Waals surface area (Å²) >= 11 is 0. The number of ether oxygens (including phenoxy) is 1. The fourth-order valence-electron chi connectivity index (χ4n) is 3.37. The van der Waals surface area contributed by atoms with Gasteiger partial charge in [-0.25, -0.2) is 9.78 Å². The molecule has 1 atom stereocenters. The topological polar surface area (TPSA) is 66.5 Å². The normalized spacial score (nSPS) is 16.2. The van der Waals surface area contributed by atoms with Crippen LogP contribution in [0.15, 0.2) is 48.7 Å². The van der Waals surface area contributed by atoms with Gasteiger partial charge in [0.15, 0.2) is 5.82 Å². The van der Waals surface area contributed by atoms with E-state index in [1.807, 2.05) is 49.4 Å². The molecule has 0 bridgehead atoms. The Hall–Kier alpha value is -2.60. The third-order valence-corrected chi connectivity index (χ3v) is 4.67. The van der Waals surface area contributed by atoms with Gasteiger partial charge >= 0.3 is 6.03 Å². The minimum Gasteiger partial charge on any atom is -0.382 e. The zero-order valence-corrected chi connectivity index (χ0v) is 15.4. The lowest BCUT2D eigenvalue weighted by atomic mass is 9.93. The second kappa shape index (κ2) is 8.19. The molecule has 0 saturated carbocycles. The van der Waals surface area contributed by atoms with Crippen LogP contribution in [0.4, 0.5) is 16.3 Å². The number of hydrogen-bond donors (Lipinski definition) is 2. The van der Waals surface area contributed by atoms with Gasteiger partial charge in [0.25, 0.3) is 0 Å². The smallest absolute Gasteiger partial charge is 0.320 e. The number of carbonyl (C=O) groups excluding carboxylic acids is 1. The Labute approximate surface area is 154 Å². The Kier molecular flexibility index (Phi) is 5.73. The fraction of sp³-hybridized carbons (Fsp3) is 0.400. The molecule has 1 aromatic carbocycles. The van der Waals surface area contributed by atoms with Gasteiger partial charge in [-0.2, -0.15) is 0 Å². The molecule has 1 aromatic heterocycles. The van der Waals surface area contributed by atoms with Gasteiger partial charge in [-0.15, -0.1) is 0 Å². The second-order valence-electron chi connectivity index (χ2n) is 6.78. The maximum Gasteiger partial charge on any atom is 0.320 e. The van der Waals surface area contributed by atoms with Crippen LogP contribution in [0.25, 0.3) is 0 Å². The van der Waals surface area contributed by atoms with Gasteiger partial charge in [0.05, 0.1) is 17.8 Å². The number of carbonyl (C=O) groups is 1. The molecule has 2 heterocycles. The molecule has 6 heteroatoms. The quantitative estimate of drug-likeness (QED) is 0.835. The van der Waals surface area contributed by atoms with E-state index >= 15 is 0 Å². The number of nitrogens with zero attached hydrogens (tertiary/aromatic N) is 2. The first-order chi connectivity index (χ1) is 12.6. The fourth-order valence-corrected chi connectivity index (χ4v) is 3.37. The Balaban J connectivity index is 1.75. The zero-order chi connectivity index (χ0) is 18.4. The molecule has 6 nitrogen and oxygen atoms in total. The third kappa shape index (κ3) is 4.14. The van der Waals surface area contributed by atoms with Crippen molar-refractivity contribution in [1.29, 1.82) is 0 Å². The summed E-state index contributed by atoms with van der Waals surface area (Å²) in [5.41, 5.74) is 1.08. The van der Waals surface area contributed by atoms with Crippen molar-refractivity contribution in [2.24, 2.45) is 0 Å². The summed E-state index contributed by atoms with van der Waals surface area (Å²) in [6.45, 7) is 4.27. The van der Waals surface area contributed by atoms with Gasteiger partial charge in [0, 0.05) is 26.4 Å². The van der Waals surface area contributed by atoms with Crippen molar-refractivity contribution in [3.05, 3.63) is 54.2 Å². The maximum absolute atomic E-state index is 12.7. The molecule has 138 valence electrons. The molecular formula is C20H26N4O2.